The third kappa shape index (κ3) is 4.32. The van der Waals surface area contributed by atoms with E-state index in [1.54, 1.807) is 0 Å². The van der Waals surface area contributed by atoms with E-state index in [0.29, 0.717) is 0 Å². The van der Waals surface area contributed by atoms with Crippen LogP contribution in [0.4, 0.5) is 0 Å². The molecular weight excluding hydrogens is 208 g/mol. The van der Waals surface area contributed by atoms with Crippen LogP contribution in [0, 0.1) is 34.5 Å². The number of rotatable bonds is 8. The highest BCUT2D eigenvalue weighted by molar-refractivity contribution is 4.93. The van der Waals surface area contributed by atoms with E-state index in [9.17, 15) is 0 Å². The molecule has 2 nitrogen and oxygen atoms in total. The van der Waals surface area contributed by atoms with Crippen LogP contribution < -0.4 is 5.32 Å². The molecule has 0 radical (unpaired) electrons. The zero-order valence-corrected chi connectivity index (χ0v) is 11.3. The number of hydrogen-bond acceptors (Lipinski definition) is 2. The summed E-state index contributed by atoms with van der Waals surface area (Å²) < 4.78 is 0. The van der Waals surface area contributed by atoms with E-state index >= 15 is 0 Å². The van der Waals surface area contributed by atoms with Crippen molar-refractivity contribution in [1.82, 2.24) is 5.32 Å². The largest absolute Gasteiger partial charge is 0.316 e. The van der Waals surface area contributed by atoms with Crippen molar-refractivity contribution in [1.29, 1.82) is 5.26 Å². The van der Waals surface area contributed by atoms with E-state index in [1.165, 1.54) is 32.2 Å². The van der Waals surface area contributed by atoms with Crippen LogP contribution in [0.15, 0.2) is 0 Å². The summed E-state index contributed by atoms with van der Waals surface area (Å²) >= 11 is 0. The smallest absolute Gasteiger partial charge is 0.0683 e. The van der Waals surface area contributed by atoms with Crippen LogP contribution in [0.25, 0.3) is 0 Å². The van der Waals surface area contributed by atoms with Crippen molar-refractivity contribution in [2.75, 3.05) is 13.1 Å². The molecule has 0 spiro atoms. The summed E-state index contributed by atoms with van der Waals surface area (Å²) in [5.74, 6) is 3.06. The highest BCUT2D eigenvalue weighted by Crippen LogP contribution is 2.48. The fraction of sp³-hybridized carbons (Fsp3) is 0.933. The van der Waals surface area contributed by atoms with E-state index in [4.69, 9.17) is 5.26 Å². The topological polar surface area (TPSA) is 35.8 Å². The highest BCUT2D eigenvalue weighted by atomic mass is 14.9. The second kappa shape index (κ2) is 5.40. The van der Waals surface area contributed by atoms with Gasteiger partial charge in [-0.25, -0.2) is 0 Å². The van der Waals surface area contributed by atoms with Gasteiger partial charge in [0.05, 0.1) is 11.5 Å². The third-order valence-electron chi connectivity index (χ3n) is 4.29. The molecule has 0 aromatic rings. The molecule has 2 aliphatic rings. The minimum absolute atomic E-state index is 0.145. The monoisotopic (exact) mass is 234 g/mol. The van der Waals surface area contributed by atoms with Crippen molar-refractivity contribution >= 4 is 0 Å². The maximum Gasteiger partial charge on any atom is 0.0683 e. The van der Waals surface area contributed by atoms with E-state index < -0.39 is 0 Å². The van der Waals surface area contributed by atoms with E-state index in [0.717, 1.165) is 37.1 Å². The zero-order valence-electron chi connectivity index (χ0n) is 11.3. The van der Waals surface area contributed by atoms with Gasteiger partial charge in [-0.2, -0.15) is 5.26 Å². The summed E-state index contributed by atoms with van der Waals surface area (Å²) in [7, 11) is 0. The molecule has 0 amide bonds. The van der Waals surface area contributed by atoms with Crippen molar-refractivity contribution in [3.8, 4) is 6.07 Å². The molecule has 0 saturated heterocycles. The molecule has 2 aliphatic carbocycles. The lowest BCUT2D eigenvalue weighted by Gasteiger charge is -2.18. The highest BCUT2D eigenvalue weighted by Gasteiger charge is 2.40. The maximum absolute atomic E-state index is 8.93. The molecule has 0 heterocycles. The first-order chi connectivity index (χ1) is 8.12. The van der Waals surface area contributed by atoms with Crippen molar-refractivity contribution in [2.24, 2.45) is 23.2 Å². The predicted octanol–water partition coefficient (Wildman–Crippen LogP) is 3.34. The van der Waals surface area contributed by atoms with Crippen molar-refractivity contribution in [3.63, 3.8) is 0 Å². The molecule has 2 saturated carbocycles. The summed E-state index contributed by atoms with van der Waals surface area (Å²) in [6.07, 6.45) is 8.04. The van der Waals surface area contributed by atoms with Crippen molar-refractivity contribution in [2.45, 2.75) is 52.4 Å². The zero-order chi connectivity index (χ0) is 12.3. The molecule has 0 unspecified atom stereocenters. The van der Waals surface area contributed by atoms with Crippen LogP contribution in [0.1, 0.15) is 52.4 Å². The van der Waals surface area contributed by atoms with Crippen LogP contribution in [-0.4, -0.2) is 13.1 Å². The lowest BCUT2D eigenvalue weighted by atomic mass is 9.90. The van der Waals surface area contributed by atoms with Gasteiger partial charge in [0.25, 0.3) is 0 Å². The molecule has 1 N–H and O–H groups in total. The molecule has 2 rings (SSSR count). The quantitative estimate of drug-likeness (QED) is 0.654. The lowest BCUT2D eigenvalue weighted by Crippen LogP contribution is -2.27. The Morgan fingerprint density at radius 3 is 2.29 bits per heavy atom. The van der Waals surface area contributed by atoms with Gasteiger partial charge in [-0.05, 0) is 83.2 Å². The summed E-state index contributed by atoms with van der Waals surface area (Å²) in [5.41, 5.74) is -0.145. The average Bonchev–Trinajstić information content (AvgIpc) is 3.16. The Hall–Kier alpha value is -0.550. The van der Waals surface area contributed by atoms with Crippen LogP contribution in [0.5, 0.6) is 0 Å². The lowest BCUT2D eigenvalue weighted by molar-refractivity contribution is 0.366. The maximum atomic E-state index is 8.93. The van der Waals surface area contributed by atoms with E-state index in [-0.39, 0.29) is 5.41 Å². The normalized spacial score (nSPS) is 20.6. The van der Waals surface area contributed by atoms with Crippen LogP contribution in [0.2, 0.25) is 0 Å². The Morgan fingerprint density at radius 1 is 1.24 bits per heavy atom. The van der Waals surface area contributed by atoms with Gasteiger partial charge in [0, 0.05) is 0 Å². The van der Waals surface area contributed by atoms with Gasteiger partial charge in [0.1, 0.15) is 0 Å². The number of nitriles is 1. The summed E-state index contributed by atoms with van der Waals surface area (Å²) in [4.78, 5) is 0. The molecule has 0 atom stereocenters. The van der Waals surface area contributed by atoms with E-state index in [2.05, 4.69) is 11.4 Å². The Morgan fingerprint density at radius 2 is 1.82 bits per heavy atom. The number of hydrogen-bond donors (Lipinski definition) is 1. The fourth-order valence-corrected chi connectivity index (χ4v) is 2.75. The molecule has 96 valence electrons. The van der Waals surface area contributed by atoms with Gasteiger partial charge in [-0.1, -0.05) is 0 Å². The van der Waals surface area contributed by atoms with Crippen LogP contribution in [0.3, 0.4) is 0 Å². The SMILES string of the molecule is CC(C)(C#N)CCCNCC(C1CC1)C1CC1. The number of nitrogens with one attached hydrogen (secondary N) is 1. The van der Waals surface area contributed by atoms with Gasteiger partial charge in [-0.15, -0.1) is 0 Å². The Balaban J connectivity index is 1.55. The Kier molecular flexibility index (Phi) is 4.09. The minimum Gasteiger partial charge on any atom is -0.316 e. The molecular formula is C15H26N2. The Bertz CT molecular complexity index is 270. The summed E-state index contributed by atoms with van der Waals surface area (Å²) in [6, 6.07) is 2.37. The first-order valence-corrected chi connectivity index (χ1v) is 7.24. The van der Waals surface area contributed by atoms with Crippen LogP contribution in [-0.2, 0) is 0 Å². The molecule has 0 bridgehead atoms. The number of nitrogens with zero attached hydrogens (tertiary/aromatic N) is 1. The summed E-state index contributed by atoms with van der Waals surface area (Å²) in [5, 5.41) is 12.5. The van der Waals surface area contributed by atoms with Crippen molar-refractivity contribution < 1.29 is 0 Å². The van der Waals surface area contributed by atoms with Gasteiger partial charge in [0.15, 0.2) is 0 Å². The standard InChI is InChI=1S/C15H26N2/c1-15(2,11-16)8-3-9-17-10-14(12-4-5-12)13-6-7-13/h12-14,17H,3-10H2,1-2H3. The summed E-state index contributed by atoms with van der Waals surface area (Å²) in [6.45, 7) is 6.37. The fourth-order valence-electron chi connectivity index (χ4n) is 2.75. The second-order valence-corrected chi connectivity index (χ2v) is 6.64. The van der Waals surface area contributed by atoms with Gasteiger partial charge in [0.2, 0.25) is 0 Å². The van der Waals surface area contributed by atoms with Gasteiger partial charge < -0.3 is 5.32 Å². The predicted molar refractivity (Wildman–Crippen MR) is 70.4 cm³/mol. The molecule has 17 heavy (non-hydrogen) atoms. The first-order valence-electron chi connectivity index (χ1n) is 7.24. The van der Waals surface area contributed by atoms with Crippen molar-refractivity contribution in [3.05, 3.63) is 0 Å². The molecule has 0 aromatic carbocycles. The van der Waals surface area contributed by atoms with E-state index in [1.807, 2.05) is 13.8 Å². The molecule has 2 fully saturated rings. The average molecular weight is 234 g/mol. The van der Waals surface area contributed by atoms with Gasteiger partial charge in [-0.3, -0.25) is 0 Å². The van der Waals surface area contributed by atoms with Gasteiger partial charge >= 0.3 is 0 Å². The molecule has 0 aromatic heterocycles. The Labute approximate surface area is 106 Å². The second-order valence-electron chi connectivity index (χ2n) is 6.64. The molecule has 0 aliphatic heterocycles. The first kappa shape index (κ1) is 12.9. The molecule has 2 heteroatoms. The third-order valence-corrected chi connectivity index (χ3v) is 4.29. The minimum atomic E-state index is -0.145. The van der Waals surface area contributed by atoms with Crippen LogP contribution >= 0.6 is 0 Å².